The molecule has 0 bridgehead atoms. The molecule has 3 atom stereocenters. The van der Waals surface area contributed by atoms with Crippen molar-refractivity contribution < 1.29 is 4.52 Å². The molecule has 3 unspecified atom stereocenters. The number of likely N-dealkylation sites (N-methyl/N-ethyl adjacent to an activating group) is 1. The summed E-state index contributed by atoms with van der Waals surface area (Å²) in [4.78, 5) is 9.38. The van der Waals surface area contributed by atoms with E-state index in [2.05, 4.69) is 27.0 Å². The summed E-state index contributed by atoms with van der Waals surface area (Å²) in [6.07, 6.45) is 4.46. The van der Waals surface area contributed by atoms with E-state index >= 15 is 0 Å². The molecule has 20 heavy (non-hydrogen) atoms. The van der Waals surface area contributed by atoms with Crippen LogP contribution >= 0.6 is 0 Å². The van der Waals surface area contributed by atoms with Crippen LogP contribution in [0, 0.1) is 24.7 Å². The number of aryl methyl sites for hydroxylation is 1. The van der Waals surface area contributed by atoms with Crippen LogP contribution in [0.4, 0.5) is 0 Å². The van der Waals surface area contributed by atoms with Crippen molar-refractivity contribution in [1.29, 1.82) is 0 Å². The Morgan fingerprint density at radius 1 is 1.20 bits per heavy atom. The fraction of sp³-hybridized carbons (Fsp3) is 0.867. The Balaban J connectivity index is 1.39. The van der Waals surface area contributed by atoms with Crippen LogP contribution in [-0.4, -0.2) is 53.2 Å². The van der Waals surface area contributed by atoms with E-state index in [1.807, 2.05) is 6.92 Å². The van der Waals surface area contributed by atoms with Gasteiger partial charge >= 0.3 is 0 Å². The van der Waals surface area contributed by atoms with E-state index in [1.165, 1.54) is 32.4 Å². The molecule has 1 aromatic heterocycles. The molecule has 0 amide bonds. The number of piperazine rings is 1. The third kappa shape index (κ3) is 2.37. The van der Waals surface area contributed by atoms with Gasteiger partial charge in [0.25, 0.3) is 0 Å². The van der Waals surface area contributed by atoms with Crippen LogP contribution in [-0.2, 0) is 0 Å². The molecule has 0 radical (unpaired) electrons. The molecule has 110 valence electrons. The van der Waals surface area contributed by atoms with Gasteiger partial charge in [-0.05, 0) is 51.0 Å². The van der Waals surface area contributed by atoms with Gasteiger partial charge in [-0.2, -0.15) is 4.98 Å². The molecule has 0 N–H and O–H groups in total. The lowest BCUT2D eigenvalue weighted by Crippen LogP contribution is -2.48. The third-order valence-corrected chi connectivity index (χ3v) is 5.42. The van der Waals surface area contributed by atoms with Crippen LogP contribution in [0.5, 0.6) is 0 Å². The van der Waals surface area contributed by atoms with Crippen molar-refractivity contribution in [3.63, 3.8) is 0 Å². The number of hydrogen-bond donors (Lipinski definition) is 0. The first-order valence-electron chi connectivity index (χ1n) is 7.92. The Bertz CT molecular complexity index is 478. The van der Waals surface area contributed by atoms with Gasteiger partial charge < -0.3 is 4.52 Å². The van der Waals surface area contributed by atoms with E-state index in [0.717, 1.165) is 42.6 Å². The van der Waals surface area contributed by atoms with E-state index in [4.69, 9.17) is 4.52 Å². The van der Waals surface area contributed by atoms with Crippen LogP contribution in [0.3, 0.4) is 0 Å². The topological polar surface area (TPSA) is 45.4 Å². The molecule has 1 aromatic rings. The molecule has 5 nitrogen and oxygen atoms in total. The predicted molar refractivity (Wildman–Crippen MR) is 75.2 cm³/mol. The number of aromatic nitrogens is 2. The Hall–Kier alpha value is -0.940. The molecule has 0 spiro atoms. The van der Waals surface area contributed by atoms with Crippen molar-refractivity contribution >= 4 is 0 Å². The van der Waals surface area contributed by atoms with Crippen LogP contribution in [0.25, 0.3) is 0 Å². The summed E-state index contributed by atoms with van der Waals surface area (Å²) in [6, 6.07) is 0.265. The summed E-state index contributed by atoms with van der Waals surface area (Å²) in [5, 5.41) is 3.94. The lowest BCUT2D eigenvalue weighted by Gasteiger charge is -2.38. The molecular weight excluding hydrogens is 252 g/mol. The van der Waals surface area contributed by atoms with Gasteiger partial charge in [-0.25, -0.2) is 0 Å². The zero-order chi connectivity index (χ0) is 13.7. The van der Waals surface area contributed by atoms with Gasteiger partial charge in [-0.1, -0.05) is 5.16 Å². The first-order chi connectivity index (χ1) is 9.69. The number of hydrogen-bond acceptors (Lipinski definition) is 5. The van der Waals surface area contributed by atoms with Gasteiger partial charge in [0.15, 0.2) is 5.82 Å². The van der Waals surface area contributed by atoms with E-state index in [1.54, 1.807) is 0 Å². The normalized spacial score (nSPS) is 38.1. The second-order valence-corrected chi connectivity index (χ2v) is 7.03. The maximum Gasteiger partial charge on any atom is 0.245 e. The summed E-state index contributed by atoms with van der Waals surface area (Å²) in [6.45, 7) is 6.45. The van der Waals surface area contributed by atoms with E-state index in [9.17, 15) is 0 Å². The summed E-state index contributed by atoms with van der Waals surface area (Å²) in [5.41, 5.74) is 0. The lowest BCUT2D eigenvalue weighted by atomic mass is 10.0. The molecule has 2 aliphatic carbocycles. The minimum Gasteiger partial charge on any atom is -0.338 e. The molecular formula is C15H24N4O. The standard InChI is InChI=1S/C15H24N4O/c1-10-16-15(20-17-10)14-9-19(4-3-18(14)2)8-11-5-12-7-13(12)6-11/h11-14H,3-9H2,1-2H3. The van der Waals surface area contributed by atoms with Gasteiger partial charge in [-0.15, -0.1) is 0 Å². The van der Waals surface area contributed by atoms with E-state index in [-0.39, 0.29) is 6.04 Å². The molecule has 1 saturated heterocycles. The van der Waals surface area contributed by atoms with Crippen LogP contribution in [0.15, 0.2) is 4.52 Å². The highest BCUT2D eigenvalue weighted by atomic mass is 16.5. The first kappa shape index (κ1) is 12.8. The molecule has 3 aliphatic rings. The minimum absolute atomic E-state index is 0.265. The first-order valence-corrected chi connectivity index (χ1v) is 7.92. The molecule has 1 aliphatic heterocycles. The van der Waals surface area contributed by atoms with Gasteiger partial charge in [-0.3, -0.25) is 9.80 Å². The summed E-state index contributed by atoms with van der Waals surface area (Å²) < 4.78 is 5.39. The van der Waals surface area contributed by atoms with Crippen molar-refractivity contribution in [1.82, 2.24) is 19.9 Å². The monoisotopic (exact) mass is 276 g/mol. The van der Waals surface area contributed by atoms with Crippen LogP contribution in [0.2, 0.25) is 0 Å². The highest BCUT2D eigenvalue weighted by Gasteiger charge is 2.46. The fourth-order valence-corrected chi connectivity index (χ4v) is 4.17. The predicted octanol–water partition coefficient (Wildman–Crippen LogP) is 1.71. The quantitative estimate of drug-likeness (QED) is 0.841. The minimum atomic E-state index is 0.265. The van der Waals surface area contributed by atoms with Gasteiger partial charge in [0.2, 0.25) is 5.89 Å². The highest BCUT2D eigenvalue weighted by Crippen LogP contribution is 2.54. The zero-order valence-corrected chi connectivity index (χ0v) is 12.5. The maximum atomic E-state index is 5.39. The third-order valence-electron chi connectivity index (χ3n) is 5.42. The Labute approximate surface area is 120 Å². The smallest absolute Gasteiger partial charge is 0.245 e. The van der Waals surface area contributed by atoms with E-state index < -0.39 is 0 Å². The SMILES string of the molecule is Cc1noc(C2CN(CC3CC4CC4C3)CCN2C)n1. The van der Waals surface area contributed by atoms with Crippen molar-refractivity contribution in [2.75, 3.05) is 33.2 Å². The molecule has 2 saturated carbocycles. The molecule has 4 rings (SSSR count). The average Bonchev–Trinajstić information content (AvgIpc) is 2.84. The van der Waals surface area contributed by atoms with E-state index in [0.29, 0.717) is 0 Å². The largest absolute Gasteiger partial charge is 0.338 e. The summed E-state index contributed by atoms with van der Waals surface area (Å²) in [7, 11) is 2.16. The van der Waals surface area contributed by atoms with Crippen molar-refractivity contribution in [3.8, 4) is 0 Å². The maximum absolute atomic E-state index is 5.39. The molecule has 0 aromatic carbocycles. The van der Waals surface area contributed by atoms with Crippen molar-refractivity contribution in [2.24, 2.45) is 17.8 Å². The molecule has 3 fully saturated rings. The van der Waals surface area contributed by atoms with Crippen molar-refractivity contribution in [2.45, 2.75) is 32.2 Å². The average molecular weight is 276 g/mol. The Morgan fingerprint density at radius 3 is 2.70 bits per heavy atom. The zero-order valence-electron chi connectivity index (χ0n) is 12.5. The van der Waals surface area contributed by atoms with Crippen LogP contribution in [0.1, 0.15) is 37.0 Å². The second kappa shape index (κ2) is 4.81. The van der Waals surface area contributed by atoms with Gasteiger partial charge in [0.05, 0.1) is 0 Å². The number of rotatable bonds is 3. The Kier molecular flexibility index (Phi) is 3.07. The number of nitrogens with zero attached hydrogens (tertiary/aromatic N) is 4. The summed E-state index contributed by atoms with van der Waals surface area (Å²) in [5.74, 6) is 4.63. The lowest BCUT2D eigenvalue weighted by molar-refractivity contribution is 0.0652. The molecule has 2 heterocycles. The van der Waals surface area contributed by atoms with Crippen LogP contribution < -0.4 is 0 Å². The molecule has 5 heteroatoms. The van der Waals surface area contributed by atoms with Gasteiger partial charge in [0.1, 0.15) is 6.04 Å². The van der Waals surface area contributed by atoms with Crippen molar-refractivity contribution in [3.05, 3.63) is 11.7 Å². The summed E-state index contributed by atoms with van der Waals surface area (Å²) >= 11 is 0. The Morgan fingerprint density at radius 2 is 2.00 bits per heavy atom. The fourth-order valence-electron chi connectivity index (χ4n) is 4.17. The second-order valence-electron chi connectivity index (χ2n) is 7.03. The number of fused-ring (bicyclic) bond motifs is 1. The van der Waals surface area contributed by atoms with Gasteiger partial charge in [0, 0.05) is 26.2 Å². The highest BCUT2D eigenvalue weighted by molar-refractivity contribution is 4.99.